The summed E-state index contributed by atoms with van der Waals surface area (Å²) in [5.41, 5.74) is 2.22. The van der Waals surface area contributed by atoms with Crippen LogP contribution in [0.3, 0.4) is 0 Å². The Morgan fingerprint density at radius 3 is 2.44 bits per heavy atom. The quantitative estimate of drug-likeness (QED) is 0.396. The third kappa shape index (κ3) is 6.36. The molecule has 0 saturated carbocycles. The van der Waals surface area contributed by atoms with E-state index < -0.39 is 5.91 Å². The Kier molecular flexibility index (Phi) is 7.88. The van der Waals surface area contributed by atoms with Crippen LogP contribution in [0, 0.1) is 6.92 Å². The number of benzene rings is 2. The number of carbonyl (C=O) groups is 3. The number of furan rings is 1. The summed E-state index contributed by atoms with van der Waals surface area (Å²) in [6.07, 6.45) is 1.53. The summed E-state index contributed by atoms with van der Waals surface area (Å²) in [7, 11) is 0. The predicted octanol–water partition coefficient (Wildman–Crippen LogP) is 3.34. The zero-order valence-corrected chi connectivity index (χ0v) is 18.2. The molecule has 0 atom stereocenters. The van der Waals surface area contributed by atoms with Crippen LogP contribution in [-0.4, -0.2) is 30.8 Å². The van der Waals surface area contributed by atoms with Crippen LogP contribution in [0.5, 0.6) is 0 Å². The standard InChI is InChI=1S/C23H23ClN4O4/c1-15-18(24)8-4-10-19(15)28-22(30)14-26-21(29)13-25-20-9-3-2-7-17(20)23(31)27-12-16-6-5-11-32-16/h2-11,25H,12-14H2,1H3,(H,26,29)(H,27,31)(H,28,30). The van der Waals surface area contributed by atoms with Crippen LogP contribution in [0.15, 0.2) is 65.3 Å². The Balaban J connectivity index is 1.47. The van der Waals surface area contributed by atoms with E-state index in [-0.39, 0.29) is 31.4 Å². The average molecular weight is 455 g/mol. The second-order valence-corrected chi connectivity index (χ2v) is 7.31. The minimum Gasteiger partial charge on any atom is -0.467 e. The molecule has 0 fully saturated rings. The molecule has 166 valence electrons. The van der Waals surface area contributed by atoms with Gasteiger partial charge in [-0.25, -0.2) is 0 Å². The molecule has 0 radical (unpaired) electrons. The van der Waals surface area contributed by atoms with Gasteiger partial charge in [0.2, 0.25) is 11.8 Å². The van der Waals surface area contributed by atoms with Crippen LogP contribution in [0.4, 0.5) is 11.4 Å². The van der Waals surface area contributed by atoms with Gasteiger partial charge in [-0.3, -0.25) is 14.4 Å². The first-order valence-corrected chi connectivity index (χ1v) is 10.3. The molecule has 2 aromatic carbocycles. The summed E-state index contributed by atoms with van der Waals surface area (Å²) in [5.74, 6) is -0.439. The lowest BCUT2D eigenvalue weighted by Gasteiger charge is -2.13. The number of carbonyl (C=O) groups excluding carboxylic acids is 3. The zero-order chi connectivity index (χ0) is 22.9. The van der Waals surface area contributed by atoms with E-state index in [0.717, 1.165) is 5.56 Å². The fourth-order valence-electron chi connectivity index (χ4n) is 2.87. The summed E-state index contributed by atoms with van der Waals surface area (Å²) in [4.78, 5) is 36.8. The van der Waals surface area contributed by atoms with E-state index in [0.29, 0.717) is 27.7 Å². The molecule has 0 saturated heterocycles. The van der Waals surface area contributed by atoms with E-state index >= 15 is 0 Å². The van der Waals surface area contributed by atoms with Crippen molar-refractivity contribution >= 4 is 40.7 Å². The van der Waals surface area contributed by atoms with Gasteiger partial charge in [-0.2, -0.15) is 0 Å². The Labute approximate surface area is 190 Å². The van der Waals surface area contributed by atoms with E-state index in [1.165, 1.54) is 6.26 Å². The molecule has 0 unspecified atom stereocenters. The average Bonchev–Trinajstić information content (AvgIpc) is 3.31. The third-order valence-corrected chi connectivity index (χ3v) is 5.01. The van der Waals surface area contributed by atoms with Gasteiger partial charge in [0.25, 0.3) is 5.91 Å². The lowest BCUT2D eigenvalue weighted by Crippen LogP contribution is -2.36. The van der Waals surface area contributed by atoms with E-state index in [2.05, 4.69) is 21.3 Å². The molecule has 0 spiro atoms. The molecule has 0 aliphatic rings. The highest BCUT2D eigenvalue weighted by atomic mass is 35.5. The highest BCUT2D eigenvalue weighted by Crippen LogP contribution is 2.22. The van der Waals surface area contributed by atoms with Gasteiger partial charge in [-0.05, 0) is 48.9 Å². The molecule has 3 amide bonds. The number of para-hydroxylation sites is 1. The zero-order valence-electron chi connectivity index (χ0n) is 17.4. The van der Waals surface area contributed by atoms with Gasteiger partial charge in [0.05, 0.1) is 31.5 Å². The normalized spacial score (nSPS) is 10.3. The molecule has 0 aliphatic heterocycles. The SMILES string of the molecule is Cc1c(Cl)cccc1NC(=O)CNC(=O)CNc1ccccc1C(=O)NCc1ccco1. The Morgan fingerprint density at radius 1 is 0.875 bits per heavy atom. The van der Waals surface area contributed by atoms with E-state index in [9.17, 15) is 14.4 Å². The van der Waals surface area contributed by atoms with Crippen LogP contribution in [-0.2, 0) is 16.1 Å². The van der Waals surface area contributed by atoms with Gasteiger partial charge in [-0.1, -0.05) is 29.8 Å². The maximum atomic E-state index is 12.5. The van der Waals surface area contributed by atoms with Crippen LogP contribution < -0.4 is 21.3 Å². The smallest absolute Gasteiger partial charge is 0.253 e. The Morgan fingerprint density at radius 2 is 1.66 bits per heavy atom. The molecule has 0 aliphatic carbocycles. The van der Waals surface area contributed by atoms with Crippen molar-refractivity contribution in [3.8, 4) is 0 Å². The summed E-state index contributed by atoms with van der Waals surface area (Å²) in [5, 5.41) is 11.5. The minimum absolute atomic E-state index is 0.105. The first kappa shape index (κ1) is 22.9. The number of nitrogens with one attached hydrogen (secondary N) is 4. The molecule has 3 aromatic rings. The largest absolute Gasteiger partial charge is 0.467 e. The molecular formula is C23H23ClN4O4. The monoisotopic (exact) mass is 454 g/mol. The number of halogens is 1. The number of rotatable bonds is 9. The van der Waals surface area contributed by atoms with Crippen molar-refractivity contribution in [2.45, 2.75) is 13.5 Å². The van der Waals surface area contributed by atoms with Crippen molar-refractivity contribution in [3.63, 3.8) is 0 Å². The summed E-state index contributed by atoms with van der Waals surface area (Å²) in [6.45, 7) is 1.74. The molecule has 0 bridgehead atoms. The minimum atomic E-state index is -0.395. The fourth-order valence-corrected chi connectivity index (χ4v) is 3.04. The van der Waals surface area contributed by atoms with Gasteiger partial charge in [0.1, 0.15) is 5.76 Å². The van der Waals surface area contributed by atoms with Gasteiger partial charge in [-0.15, -0.1) is 0 Å². The van der Waals surface area contributed by atoms with Crippen LogP contribution >= 0.6 is 11.6 Å². The highest BCUT2D eigenvalue weighted by molar-refractivity contribution is 6.31. The van der Waals surface area contributed by atoms with E-state index in [1.807, 2.05) is 0 Å². The van der Waals surface area contributed by atoms with E-state index in [4.69, 9.17) is 16.0 Å². The summed E-state index contributed by atoms with van der Waals surface area (Å²) in [6, 6.07) is 15.5. The molecule has 9 heteroatoms. The number of amides is 3. The number of hydrogen-bond acceptors (Lipinski definition) is 5. The number of hydrogen-bond donors (Lipinski definition) is 4. The Bertz CT molecular complexity index is 1100. The molecule has 8 nitrogen and oxygen atoms in total. The molecule has 1 heterocycles. The van der Waals surface area contributed by atoms with Crippen LogP contribution in [0.25, 0.3) is 0 Å². The van der Waals surface area contributed by atoms with Crippen molar-refractivity contribution in [1.82, 2.24) is 10.6 Å². The van der Waals surface area contributed by atoms with Gasteiger partial charge < -0.3 is 25.7 Å². The molecule has 3 rings (SSSR count). The highest BCUT2D eigenvalue weighted by Gasteiger charge is 2.13. The number of anilines is 2. The van der Waals surface area contributed by atoms with Gasteiger partial charge in [0.15, 0.2) is 0 Å². The summed E-state index contributed by atoms with van der Waals surface area (Å²) >= 11 is 6.04. The van der Waals surface area contributed by atoms with Crippen molar-refractivity contribution in [2.24, 2.45) is 0 Å². The predicted molar refractivity (Wildman–Crippen MR) is 123 cm³/mol. The Hall–Kier alpha value is -3.78. The van der Waals surface area contributed by atoms with Crippen LogP contribution in [0.2, 0.25) is 5.02 Å². The maximum absolute atomic E-state index is 12.5. The first-order chi connectivity index (χ1) is 15.4. The van der Waals surface area contributed by atoms with Gasteiger partial charge in [0, 0.05) is 16.4 Å². The van der Waals surface area contributed by atoms with Gasteiger partial charge >= 0.3 is 0 Å². The molecular weight excluding hydrogens is 432 g/mol. The second-order valence-electron chi connectivity index (χ2n) is 6.90. The maximum Gasteiger partial charge on any atom is 0.253 e. The first-order valence-electron chi connectivity index (χ1n) is 9.89. The van der Waals surface area contributed by atoms with Crippen LogP contribution in [0.1, 0.15) is 21.7 Å². The molecule has 32 heavy (non-hydrogen) atoms. The fraction of sp³-hybridized carbons (Fsp3) is 0.174. The lowest BCUT2D eigenvalue weighted by molar-refractivity contribution is -0.122. The van der Waals surface area contributed by atoms with Crippen molar-refractivity contribution in [3.05, 3.63) is 82.8 Å². The van der Waals surface area contributed by atoms with Crippen molar-refractivity contribution < 1.29 is 18.8 Å². The van der Waals surface area contributed by atoms with E-state index in [1.54, 1.807) is 61.5 Å². The molecule has 1 aromatic heterocycles. The third-order valence-electron chi connectivity index (χ3n) is 4.60. The lowest BCUT2D eigenvalue weighted by atomic mass is 10.1. The van der Waals surface area contributed by atoms with Crippen molar-refractivity contribution in [1.29, 1.82) is 0 Å². The second kappa shape index (κ2) is 11.0. The van der Waals surface area contributed by atoms with Crippen molar-refractivity contribution in [2.75, 3.05) is 23.7 Å². The molecule has 4 N–H and O–H groups in total. The topological polar surface area (TPSA) is 112 Å². The summed E-state index contributed by atoms with van der Waals surface area (Å²) < 4.78 is 5.20.